The van der Waals surface area contributed by atoms with Gasteiger partial charge >= 0.3 is 5.97 Å². The van der Waals surface area contributed by atoms with E-state index >= 15 is 0 Å². The Morgan fingerprint density at radius 3 is 2.23 bits per heavy atom. The maximum atomic E-state index is 11.1. The normalized spacial score (nSPS) is 10.8. The molecule has 1 N–H and O–H groups in total. The fourth-order valence-electron chi connectivity index (χ4n) is 3.55. The lowest BCUT2D eigenvalue weighted by atomic mass is 10.1. The molecule has 0 aliphatic heterocycles. The first-order chi connectivity index (χ1) is 13.9. The van der Waals surface area contributed by atoms with Crippen LogP contribution in [0.25, 0.3) is 11.0 Å². The zero-order valence-electron chi connectivity index (χ0n) is 16.1. The topological polar surface area (TPSA) is 46.1 Å². The number of rotatable bonds is 5. The van der Waals surface area contributed by atoms with Crippen LogP contribution >= 0.6 is 23.2 Å². The quantitative estimate of drug-likeness (QED) is 0.423. The number of hydrogen-bond acceptors (Lipinski definition) is 1. The Balaban J connectivity index is 0.00000256. The Labute approximate surface area is 195 Å². The van der Waals surface area contributed by atoms with Crippen LogP contribution in [0.3, 0.4) is 0 Å². The van der Waals surface area contributed by atoms with Crippen LogP contribution < -0.4 is 21.5 Å². The molecule has 1 heterocycles. The lowest BCUT2D eigenvalue weighted by molar-refractivity contribution is -0.669. The highest BCUT2D eigenvalue weighted by atomic mass is 79.9. The number of nitrogens with zero attached hydrogens (tertiary/aromatic N) is 2. The molecule has 0 unspecified atom stereocenters. The molecule has 0 saturated heterocycles. The summed E-state index contributed by atoms with van der Waals surface area (Å²) in [5.74, 6) is 0.130. The van der Waals surface area contributed by atoms with Gasteiger partial charge in [-0.3, -0.25) is 0 Å². The van der Waals surface area contributed by atoms with Crippen LogP contribution in [0.2, 0.25) is 10.0 Å². The second-order valence-electron chi connectivity index (χ2n) is 6.96. The van der Waals surface area contributed by atoms with Gasteiger partial charge in [0.05, 0.1) is 15.6 Å². The van der Waals surface area contributed by atoms with Crippen LogP contribution in [0.1, 0.15) is 27.3 Å². The minimum absolute atomic E-state index is 0. The zero-order chi connectivity index (χ0) is 20.5. The van der Waals surface area contributed by atoms with Gasteiger partial charge in [-0.05, 0) is 23.3 Å². The summed E-state index contributed by atoms with van der Waals surface area (Å²) in [5, 5.41) is 10.1. The first-order valence-electron chi connectivity index (χ1n) is 9.18. The van der Waals surface area contributed by atoms with Gasteiger partial charge in [0.1, 0.15) is 13.1 Å². The average Bonchev–Trinajstić information content (AvgIpc) is 2.95. The summed E-state index contributed by atoms with van der Waals surface area (Å²) < 4.78 is 4.40. The molecule has 0 radical (unpaired) electrons. The van der Waals surface area contributed by atoms with Crippen LogP contribution in [-0.4, -0.2) is 15.6 Å². The Kier molecular flexibility index (Phi) is 6.86. The molecule has 0 saturated carbocycles. The van der Waals surface area contributed by atoms with E-state index in [1.54, 1.807) is 12.1 Å². The van der Waals surface area contributed by atoms with Crippen LogP contribution in [0.15, 0.2) is 66.7 Å². The molecule has 4 nitrogen and oxygen atoms in total. The van der Waals surface area contributed by atoms with E-state index in [2.05, 4.69) is 28.2 Å². The second-order valence-corrected chi connectivity index (χ2v) is 7.78. The summed E-state index contributed by atoms with van der Waals surface area (Å²) in [5.41, 5.74) is 4.46. The largest absolute Gasteiger partial charge is 1.00 e. The highest BCUT2D eigenvalue weighted by Crippen LogP contribution is 2.28. The summed E-state index contributed by atoms with van der Waals surface area (Å²) in [6.07, 6.45) is 0. The van der Waals surface area contributed by atoms with Crippen molar-refractivity contribution < 1.29 is 31.4 Å². The van der Waals surface area contributed by atoms with E-state index < -0.39 is 5.97 Å². The fraction of sp³-hybridized carbons (Fsp3) is 0.130. The van der Waals surface area contributed by atoms with E-state index in [-0.39, 0.29) is 22.5 Å². The molecule has 154 valence electrons. The minimum atomic E-state index is -0.929. The molecular weight excluding hydrogens is 487 g/mol. The summed E-state index contributed by atoms with van der Waals surface area (Å²) in [6, 6.07) is 21.0. The molecule has 0 atom stereocenters. The lowest BCUT2D eigenvalue weighted by Crippen LogP contribution is -3.00. The van der Waals surface area contributed by atoms with E-state index in [0.717, 1.165) is 22.4 Å². The molecule has 0 spiro atoms. The van der Waals surface area contributed by atoms with Gasteiger partial charge < -0.3 is 22.1 Å². The number of hydrogen-bond donors (Lipinski definition) is 1. The van der Waals surface area contributed by atoms with E-state index in [1.165, 1.54) is 5.56 Å². The van der Waals surface area contributed by atoms with Crippen LogP contribution in [0.5, 0.6) is 0 Å². The average molecular weight is 506 g/mol. The summed E-state index contributed by atoms with van der Waals surface area (Å²) in [6.45, 7) is 3.38. The van der Waals surface area contributed by atoms with Crippen LogP contribution in [0, 0.1) is 6.92 Å². The monoisotopic (exact) mass is 504 g/mol. The highest BCUT2D eigenvalue weighted by molar-refractivity contribution is 6.42. The molecule has 4 rings (SSSR count). The molecule has 30 heavy (non-hydrogen) atoms. The van der Waals surface area contributed by atoms with Crippen molar-refractivity contribution in [2.45, 2.75) is 20.0 Å². The number of carboxylic acids is 1. The number of aromatic carboxylic acids is 1. The van der Waals surface area contributed by atoms with Gasteiger partial charge in [0.2, 0.25) is 0 Å². The van der Waals surface area contributed by atoms with Gasteiger partial charge in [-0.15, -0.1) is 0 Å². The number of fused-ring (bicyclic) bond motifs is 1. The molecule has 0 amide bonds. The van der Waals surface area contributed by atoms with Gasteiger partial charge in [0.25, 0.3) is 5.82 Å². The number of benzene rings is 3. The standard InChI is InChI=1S/C23H18Cl2N2O2.BrH/c1-15-26(13-16-5-3-2-4-6-16)21-11-19(24)20(25)12-22(21)27(15)14-17-7-9-18(10-8-17)23(28)29;/h2-12H,13-14H2,1H3;1H. The van der Waals surface area contributed by atoms with Gasteiger partial charge in [-0.1, -0.05) is 65.7 Å². The summed E-state index contributed by atoms with van der Waals surface area (Å²) in [4.78, 5) is 11.1. The summed E-state index contributed by atoms with van der Waals surface area (Å²) in [7, 11) is 0. The minimum Gasteiger partial charge on any atom is -1.00 e. The number of aromatic nitrogens is 2. The van der Waals surface area contributed by atoms with E-state index in [4.69, 9.17) is 28.3 Å². The Bertz CT molecular complexity index is 1210. The Morgan fingerprint density at radius 1 is 0.967 bits per heavy atom. The zero-order valence-corrected chi connectivity index (χ0v) is 19.2. The smallest absolute Gasteiger partial charge is 0.335 e. The molecule has 0 aliphatic carbocycles. The van der Waals surface area contributed by atoms with Gasteiger partial charge in [-0.25, -0.2) is 13.9 Å². The van der Waals surface area contributed by atoms with Crippen LogP contribution in [-0.2, 0) is 13.1 Å². The van der Waals surface area contributed by atoms with E-state index in [9.17, 15) is 4.79 Å². The fourth-order valence-corrected chi connectivity index (χ4v) is 3.87. The molecule has 7 heteroatoms. The SMILES string of the molecule is Cc1n(Cc2ccc(C(=O)O)cc2)c2cc(Cl)c(Cl)cc2[n+]1Cc1ccccc1.[Br-]. The van der Waals surface area contributed by atoms with E-state index in [0.29, 0.717) is 23.1 Å². The maximum absolute atomic E-state index is 11.1. The van der Waals surface area contributed by atoms with Gasteiger partial charge in [0.15, 0.2) is 11.0 Å². The maximum Gasteiger partial charge on any atom is 0.335 e. The Morgan fingerprint density at radius 2 is 1.60 bits per heavy atom. The van der Waals surface area contributed by atoms with Gasteiger partial charge in [0, 0.05) is 19.1 Å². The van der Waals surface area contributed by atoms with Crippen molar-refractivity contribution in [2.24, 2.45) is 0 Å². The molecule has 0 aliphatic rings. The number of carbonyl (C=O) groups is 1. The van der Waals surface area contributed by atoms with Crippen molar-refractivity contribution in [3.05, 3.63) is 99.3 Å². The number of carboxylic acid groups (broad SMARTS) is 1. The first-order valence-corrected chi connectivity index (χ1v) is 9.93. The van der Waals surface area contributed by atoms with Crippen molar-refractivity contribution in [3.63, 3.8) is 0 Å². The molecule has 0 fully saturated rings. The molecular formula is C23H19BrCl2N2O2. The molecule has 1 aromatic heterocycles. The third-order valence-electron chi connectivity index (χ3n) is 5.11. The van der Waals surface area contributed by atoms with Crippen molar-refractivity contribution in [1.29, 1.82) is 0 Å². The predicted octanol–water partition coefficient (Wildman–Crippen LogP) is 2.34. The van der Waals surface area contributed by atoms with Crippen molar-refractivity contribution in [2.75, 3.05) is 0 Å². The number of imidazole rings is 1. The third-order valence-corrected chi connectivity index (χ3v) is 5.83. The Hall–Kier alpha value is -2.34. The molecule has 0 bridgehead atoms. The number of halogens is 3. The van der Waals surface area contributed by atoms with Crippen molar-refractivity contribution in [3.8, 4) is 0 Å². The third kappa shape index (κ3) is 4.38. The summed E-state index contributed by atoms with van der Waals surface area (Å²) >= 11 is 12.6. The molecule has 4 aromatic rings. The molecule has 3 aromatic carbocycles. The van der Waals surface area contributed by atoms with Crippen molar-refractivity contribution >= 4 is 40.2 Å². The van der Waals surface area contributed by atoms with E-state index in [1.807, 2.05) is 42.5 Å². The predicted molar refractivity (Wildman–Crippen MR) is 115 cm³/mol. The van der Waals surface area contributed by atoms with Gasteiger partial charge in [-0.2, -0.15) is 0 Å². The highest BCUT2D eigenvalue weighted by Gasteiger charge is 2.23. The van der Waals surface area contributed by atoms with Crippen molar-refractivity contribution in [1.82, 2.24) is 4.57 Å². The lowest BCUT2D eigenvalue weighted by Gasteiger charge is -2.03. The second kappa shape index (κ2) is 9.21. The van der Waals surface area contributed by atoms with Crippen LogP contribution in [0.4, 0.5) is 0 Å². The first kappa shape index (κ1) is 22.3.